The largest absolute Gasteiger partial charge is 0.496 e. The molecule has 0 radical (unpaired) electrons. The number of likely N-dealkylation sites (tertiary alicyclic amines) is 1. The third kappa shape index (κ3) is 8.53. The molecule has 0 spiro atoms. The van der Waals surface area contributed by atoms with Gasteiger partial charge in [-0.25, -0.2) is 9.97 Å². The molecule has 4 rings (SSSR count). The Kier molecular flexibility index (Phi) is 12.5. The van der Waals surface area contributed by atoms with Crippen LogP contribution in [0.5, 0.6) is 11.5 Å². The van der Waals surface area contributed by atoms with Crippen LogP contribution in [0, 0.1) is 23.7 Å². The number of rotatable bonds is 13. The van der Waals surface area contributed by atoms with Gasteiger partial charge in [-0.15, -0.1) is 18.8 Å². The van der Waals surface area contributed by atoms with Crippen molar-refractivity contribution in [2.45, 2.75) is 65.5 Å². The second-order valence-corrected chi connectivity index (χ2v) is 12.5. The highest BCUT2D eigenvalue weighted by atomic mass is 35.5. The highest BCUT2D eigenvalue weighted by Gasteiger charge is 2.42. The number of ketones is 2. The van der Waals surface area contributed by atoms with E-state index in [0.717, 1.165) is 17.5 Å². The molecule has 46 heavy (non-hydrogen) atoms. The summed E-state index contributed by atoms with van der Waals surface area (Å²) in [6.07, 6.45) is 8.24. The quantitative estimate of drug-likeness (QED) is 0.242. The molecule has 11 heteroatoms. The molecule has 1 aliphatic heterocycles. The Labute approximate surface area is 277 Å². The molecule has 1 aliphatic rings. The van der Waals surface area contributed by atoms with Gasteiger partial charge in [0.15, 0.2) is 5.78 Å². The second kappa shape index (κ2) is 15.9. The molecule has 0 bridgehead atoms. The van der Waals surface area contributed by atoms with Gasteiger partial charge >= 0.3 is 0 Å². The number of methoxy groups -OCH3 is 1. The molecule has 2 N–H and O–H groups in total. The monoisotopic (exact) mass is 649 g/mol. The van der Waals surface area contributed by atoms with Crippen molar-refractivity contribution < 1.29 is 23.9 Å². The highest BCUT2D eigenvalue weighted by molar-refractivity contribution is 5.96. The van der Waals surface area contributed by atoms with Crippen LogP contribution in [0.4, 0.5) is 11.5 Å². The molecule has 3 aromatic rings. The lowest BCUT2D eigenvalue weighted by Gasteiger charge is -2.35. The molecular formula is C35H44ClN5O5. The van der Waals surface area contributed by atoms with Gasteiger partial charge in [-0.2, -0.15) is 0 Å². The second-order valence-electron chi connectivity index (χ2n) is 12.5. The van der Waals surface area contributed by atoms with Crippen molar-refractivity contribution in [2.24, 2.45) is 11.3 Å². The van der Waals surface area contributed by atoms with Crippen LogP contribution in [0.2, 0.25) is 0 Å². The normalized spacial score (nSPS) is 15.8. The molecule has 0 unspecified atom stereocenters. The predicted octanol–water partition coefficient (Wildman–Crippen LogP) is 5.15. The van der Waals surface area contributed by atoms with Gasteiger partial charge in [-0.1, -0.05) is 26.7 Å². The zero-order valence-corrected chi connectivity index (χ0v) is 28.2. The maximum absolute atomic E-state index is 13.9. The van der Waals surface area contributed by atoms with Crippen molar-refractivity contribution in [3.63, 3.8) is 0 Å². The summed E-state index contributed by atoms with van der Waals surface area (Å²) in [6, 6.07) is 10.1. The zero-order valence-electron chi connectivity index (χ0n) is 27.4. The van der Waals surface area contributed by atoms with E-state index < -0.39 is 17.4 Å². The summed E-state index contributed by atoms with van der Waals surface area (Å²) >= 11 is 0. The fraction of sp³-hybridized carbons (Fsp3) is 0.457. The Morgan fingerprint density at radius 2 is 1.87 bits per heavy atom. The van der Waals surface area contributed by atoms with E-state index in [4.69, 9.17) is 15.9 Å². The molecule has 1 fully saturated rings. The van der Waals surface area contributed by atoms with Gasteiger partial charge in [0.1, 0.15) is 36.0 Å². The smallest absolute Gasteiger partial charge is 0.227 e. The van der Waals surface area contributed by atoms with Crippen molar-refractivity contribution in [3.8, 4) is 23.8 Å². The van der Waals surface area contributed by atoms with Gasteiger partial charge < -0.3 is 25.0 Å². The summed E-state index contributed by atoms with van der Waals surface area (Å²) in [5.74, 6) is 3.43. The minimum atomic E-state index is -0.570. The van der Waals surface area contributed by atoms with Crippen LogP contribution in [0.1, 0.15) is 52.5 Å². The van der Waals surface area contributed by atoms with Crippen LogP contribution >= 0.6 is 12.4 Å². The topological polar surface area (TPSA) is 123 Å². The molecule has 3 atom stereocenters. The first kappa shape index (κ1) is 36.3. The number of carbonyl (C=O) groups is 3. The lowest BCUT2D eigenvalue weighted by Crippen LogP contribution is -2.48. The average molecular weight is 650 g/mol. The molecule has 1 aromatic heterocycles. The maximum Gasteiger partial charge on any atom is 0.227 e. The summed E-state index contributed by atoms with van der Waals surface area (Å²) in [7, 11) is 3.29. The van der Waals surface area contributed by atoms with Gasteiger partial charge in [0.05, 0.1) is 24.7 Å². The van der Waals surface area contributed by atoms with Gasteiger partial charge in [-0.05, 0) is 62.6 Å². The lowest BCUT2D eigenvalue weighted by atomic mass is 9.76. The van der Waals surface area contributed by atoms with Crippen LogP contribution in [0.25, 0.3) is 10.9 Å². The minimum Gasteiger partial charge on any atom is -0.496 e. The van der Waals surface area contributed by atoms with E-state index in [1.165, 1.54) is 6.33 Å². The molecule has 2 aromatic carbocycles. The molecule has 1 saturated heterocycles. The number of amides is 1. The number of carbonyl (C=O) groups excluding carboxylic acids is 3. The van der Waals surface area contributed by atoms with Crippen molar-refractivity contribution >= 4 is 52.3 Å². The van der Waals surface area contributed by atoms with Gasteiger partial charge in [0.25, 0.3) is 0 Å². The summed E-state index contributed by atoms with van der Waals surface area (Å²) in [4.78, 5) is 51.2. The molecule has 246 valence electrons. The van der Waals surface area contributed by atoms with Gasteiger partial charge in [-0.3, -0.25) is 14.4 Å². The van der Waals surface area contributed by atoms with E-state index in [1.807, 2.05) is 51.1 Å². The van der Waals surface area contributed by atoms with Crippen molar-refractivity contribution in [1.82, 2.24) is 20.2 Å². The van der Waals surface area contributed by atoms with Crippen LogP contribution in [-0.4, -0.2) is 71.7 Å². The first-order valence-electron chi connectivity index (χ1n) is 15.2. The fourth-order valence-electron chi connectivity index (χ4n) is 5.63. The van der Waals surface area contributed by atoms with E-state index in [0.29, 0.717) is 41.4 Å². The first-order valence-corrected chi connectivity index (χ1v) is 15.2. The average Bonchev–Trinajstić information content (AvgIpc) is 3.52. The summed E-state index contributed by atoms with van der Waals surface area (Å²) in [5, 5.41) is 7.01. The summed E-state index contributed by atoms with van der Waals surface area (Å²) in [5.41, 5.74) is 1.67. The van der Waals surface area contributed by atoms with Gasteiger partial charge in [0, 0.05) is 48.0 Å². The SMILES string of the molecule is C#CCOc1ccc(Nc2ncnc3cc(OC)c(CC(=O)[C@@H]4CCCN4C(=O)[C@@H](CC(=O)[C@H](C)NC)C(C)(C)C)cc23)cc1.Cl. The van der Waals surface area contributed by atoms with Crippen LogP contribution in [0.3, 0.4) is 0 Å². The summed E-state index contributed by atoms with van der Waals surface area (Å²) < 4.78 is 11.1. The number of ether oxygens (including phenoxy) is 2. The lowest BCUT2D eigenvalue weighted by molar-refractivity contribution is -0.145. The van der Waals surface area contributed by atoms with Gasteiger partial charge in [0.2, 0.25) is 5.91 Å². The maximum atomic E-state index is 13.9. The molecule has 10 nitrogen and oxygen atoms in total. The van der Waals surface area contributed by atoms with Crippen LogP contribution in [-0.2, 0) is 20.8 Å². The number of benzene rings is 2. The number of anilines is 2. The number of terminal acetylenes is 1. The Hall–Kier alpha value is -4.20. The van der Waals surface area contributed by atoms with Crippen LogP contribution in [0.15, 0.2) is 42.7 Å². The number of nitrogens with zero attached hydrogens (tertiary/aromatic N) is 3. The van der Waals surface area contributed by atoms with E-state index in [-0.39, 0.29) is 55.4 Å². The van der Waals surface area contributed by atoms with Crippen molar-refractivity contribution in [1.29, 1.82) is 0 Å². The van der Waals surface area contributed by atoms with E-state index in [2.05, 4.69) is 26.5 Å². The number of likely N-dealkylation sites (N-methyl/N-ethyl adjacent to an activating group) is 1. The summed E-state index contributed by atoms with van der Waals surface area (Å²) in [6.45, 7) is 8.37. The minimum absolute atomic E-state index is 0. The van der Waals surface area contributed by atoms with E-state index in [9.17, 15) is 14.4 Å². The fourth-order valence-corrected chi connectivity index (χ4v) is 5.63. The van der Waals surface area contributed by atoms with Crippen molar-refractivity contribution in [2.75, 3.05) is 32.6 Å². The number of hydrogen-bond acceptors (Lipinski definition) is 9. The Bertz CT molecular complexity index is 1580. The number of nitrogens with one attached hydrogen (secondary N) is 2. The number of fused-ring (bicyclic) bond motifs is 1. The third-order valence-corrected chi connectivity index (χ3v) is 8.41. The van der Waals surface area contributed by atoms with E-state index >= 15 is 0 Å². The third-order valence-electron chi connectivity index (χ3n) is 8.41. The Balaban J connectivity index is 0.00000576. The molecular weight excluding hydrogens is 606 g/mol. The zero-order chi connectivity index (χ0) is 32.7. The molecule has 1 amide bonds. The molecule has 0 aliphatic carbocycles. The first-order chi connectivity index (χ1) is 21.5. The highest BCUT2D eigenvalue weighted by Crippen LogP contribution is 2.35. The number of aromatic nitrogens is 2. The number of hydrogen-bond donors (Lipinski definition) is 2. The predicted molar refractivity (Wildman–Crippen MR) is 182 cm³/mol. The molecule has 2 heterocycles. The van der Waals surface area contributed by atoms with Crippen molar-refractivity contribution in [3.05, 3.63) is 48.3 Å². The standard InChI is InChI=1S/C35H43N5O5.ClH/c1-8-16-45-25-13-11-24(12-14-25)39-33-26-17-23(32(44-7)20-28(26)37-21-38-33)18-31(42)29-10-9-15-40(29)34(43)27(35(3,4)5)19-30(41)22(2)36-6;/h1,11-14,17,20-22,27,29,36H,9-10,15-16,18-19H2,2-7H3,(H,37,38,39);1H/t22-,27+,29-;/m0./s1. The number of Topliss-reactive ketones (excluding diaryl/α,β-unsaturated/α-hetero) is 2. The van der Waals surface area contributed by atoms with Crippen LogP contribution < -0.4 is 20.1 Å². The van der Waals surface area contributed by atoms with E-state index in [1.54, 1.807) is 32.0 Å². The number of halogens is 1. The Morgan fingerprint density at radius 3 is 2.50 bits per heavy atom. The Morgan fingerprint density at radius 1 is 1.15 bits per heavy atom. The molecule has 0 saturated carbocycles.